The summed E-state index contributed by atoms with van der Waals surface area (Å²) in [6, 6.07) is 0. The molecule has 0 aromatic rings. The van der Waals surface area contributed by atoms with Crippen LogP contribution in [0.1, 0.15) is 19.2 Å². The van der Waals surface area contributed by atoms with E-state index in [1.54, 1.807) is 0 Å². The molecule has 0 N–H and O–H groups in total. The van der Waals surface area contributed by atoms with Gasteiger partial charge in [0, 0.05) is 33.1 Å². The molecule has 0 fully saturated rings. The monoisotopic (exact) mass is 97.1 g/mol. The van der Waals surface area contributed by atoms with Gasteiger partial charge in [0.1, 0.15) is 0 Å². The van der Waals surface area contributed by atoms with Gasteiger partial charge in [-0.2, -0.15) is 0 Å². The molecule has 0 radical (unpaired) electrons. The van der Waals surface area contributed by atoms with Crippen LogP contribution in [-0.4, -0.2) is 24.8 Å². The van der Waals surface area contributed by atoms with E-state index in [2.05, 4.69) is 0 Å². The maximum atomic E-state index is 11.1. The second-order valence-electron chi connectivity index (χ2n) is 0.641. The van der Waals surface area contributed by atoms with E-state index < -0.39 is 31.6 Å². The summed E-state index contributed by atoms with van der Waals surface area (Å²) in [6.45, 7) is -9.91. The highest BCUT2D eigenvalue weighted by Gasteiger charge is 1.87. The zero-order chi connectivity index (χ0) is 12.7. The third kappa shape index (κ3) is 1.76. The summed E-state index contributed by atoms with van der Waals surface area (Å²) < 4.78 is 60.7. The van der Waals surface area contributed by atoms with Crippen molar-refractivity contribution < 1.29 is 17.1 Å². The molecule has 6 heavy (non-hydrogen) atoms. The smallest absolute Gasteiger partial charge is 0.218 e. The molecule has 0 atom stereocenters. The SMILES string of the molecule is [2H]C([2H])([2H])C(=O)[15N](C([2H])([2H])[2H])C([2H])([2H])[2H]. The minimum absolute atomic E-state index is 0.576. The first-order valence-corrected chi connectivity index (χ1v) is 1.12. The van der Waals surface area contributed by atoms with Crippen molar-refractivity contribution in [2.24, 2.45) is 0 Å². The fraction of sp³-hybridized carbons (Fsp3) is 0.750. The predicted molar refractivity (Wildman–Crippen MR) is 24.4 cm³/mol. The van der Waals surface area contributed by atoms with E-state index in [1.165, 1.54) is 0 Å². The molecule has 0 spiro atoms. The van der Waals surface area contributed by atoms with Crippen molar-refractivity contribution in [3.05, 3.63) is 0 Å². The van der Waals surface area contributed by atoms with E-state index in [0.29, 0.717) is 0 Å². The number of amides is 1. The third-order valence-corrected chi connectivity index (χ3v) is 0.203. The lowest BCUT2D eigenvalue weighted by Crippen LogP contribution is -2.17. The second-order valence-corrected chi connectivity index (χ2v) is 0.641. The van der Waals surface area contributed by atoms with Crippen LogP contribution in [0, 0.1) is 0 Å². The molecular formula is C4H9NO. The minimum atomic E-state index is -3.31. The van der Waals surface area contributed by atoms with Gasteiger partial charge >= 0.3 is 0 Å². The Labute approximate surface area is 50.4 Å². The molecule has 0 bridgehead atoms. The van der Waals surface area contributed by atoms with Crippen LogP contribution in [0.25, 0.3) is 0 Å². The van der Waals surface area contributed by atoms with Crippen molar-refractivity contribution >= 4 is 5.91 Å². The van der Waals surface area contributed by atoms with Crippen LogP contribution in [0.3, 0.4) is 0 Å². The van der Waals surface area contributed by atoms with Gasteiger partial charge in [-0.25, -0.2) is 0 Å². The Morgan fingerprint density at radius 3 is 2.67 bits per heavy atom. The van der Waals surface area contributed by atoms with Crippen molar-refractivity contribution in [1.29, 1.82) is 0 Å². The van der Waals surface area contributed by atoms with Crippen LogP contribution in [0.5, 0.6) is 0 Å². The molecule has 0 unspecified atom stereocenters. The van der Waals surface area contributed by atoms with E-state index in [0.717, 1.165) is 0 Å². The van der Waals surface area contributed by atoms with E-state index in [1.807, 2.05) is 0 Å². The fourth-order valence-corrected chi connectivity index (χ4v) is 0. The Morgan fingerprint density at radius 2 is 2.50 bits per heavy atom. The van der Waals surface area contributed by atoms with Gasteiger partial charge in [0.2, 0.25) is 5.91 Å². The second kappa shape index (κ2) is 1.80. The number of hydrogen-bond donors (Lipinski definition) is 0. The van der Waals surface area contributed by atoms with E-state index in [-0.39, 0.29) is 0 Å². The molecule has 2 nitrogen and oxygen atoms in total. The largest absolute Gasteiger partial charge is 0.349 e. The molecule has 2 heteroatoms. The molecule has 36 valence electrons. The molecule has 0 saturated heterocycles. The fourth-order valence-electron chi connectivity index (χ4n) is 0. The molecule has 0 heterocycles. The molecule has 1 amide bonds. The molecule has 0 aromatic heterocycles. The topological polar surface area (TPSA) is 20.3 Å². The lowest BCUT2D eigenvalue weighted by molar-refractivity contribution is -0.126. The maximum absolute atomic E-state index is 11.1. The Balaban J connectivity index is 5.26. The molecule has 0 aromatic carbocycles. The van der Waals surface area contributed by atoms with Crippen LogP contribution in [0.4, 0.5) is 0 Å². The number of carbonyl (C=O) groups excluding carboxylic acids is 1. The summed E-state index contributed by atoms with van der Waals surface area (Å²) in [7, 11) is 0. The minimum Gasteiger partial charge on any atom is -0.349 e. The number of nitrogens with zero attached hydrogens (tertiary/aromatic N) is 1. The van der Waals surface area contributed by atoms with Gasteiger partial charge in [-0.15, -0.1) is 0 Å². The highest BCUT2D eigenvalue weighted by atomic mass is 16.2. The van der Waals surface area contributed by atoms with Crippen LogP contribution < -0.4 is 0 Å². The highest BCUT2D eigenvalue weighted by molar-refractivity contribution is 5.72. The number of carbonyl (C=O) groups is 1. The van der Waals surface area contributed by atoms with Gasteiger partial charge in [0.15, 0.2) is 0 Å². The van der Waals surface area contributed by atoms with Crippen LogP contribution in [-0.2, 0) is 4.79 Å². The molecule has 0 saturated carbocycles. The van der Waals surface area contributed by atoms with Crippen molar-refractivity contribution in [3.63, 3.8) is 0 Å². The normalized spacial score (nSPS) is 36.3. The first-order valence-electron chi connectivity index (χ1n) is 5.62. The summed E-state index contributed by atoms with van der Waals surface area (Å²) in [6.07, 6.45) is 0. The zero-order valence-corrected chi connectivity index (χ0v) is 2.86. The van der Waals surface area contributed by atoms with Crippen molar-refractivity contribution in [3.8, 4) is 0 Å². The lowest BCUT2D eigenvalue weighted by Gasteiger charge is -2.02. The maximum Gasteiger partial charge on any atom is 0.218 e. The number of rotatable bonds is 0. The summed E-state index contributed by atoms with van der Waals surface area (Å²) in [5.74, 6) is -1.91. The van der Waals surface area contributed by atoms with Crippen LogP contribution >= 0.6 is 0 Å². The predicted octanol–water partition coefficient (Wildman–Crippen LogP) is 0.0945. The van der Waals surface area contributed by atoms with Crippen LogP contribution in [0.2, 0.25) is 0 Å². The standard InChI is InChI=1S/C4H9NO/c1-4(6)5(2)3/h1-3H3/i1D3,2D3,3D3,5+1. The van der Waals surface area contributed by atoms with E-state index in [4.69, 9.17) is 12.3 Å². The lowest BCUT2D eigenvalue weighted by atomic mass is 10.7. The molecule has 0 aliphatic rings. The molecule has 0 aliphatic heterocycles. The quantitative estimate of drug-likeness (QED) is 0.392. The third-order valence-electron chi connectivity index (χ3n) is 0.203. The Hall–Kier alpha value is -0.530. The van der Waals surface area contributed by atoms with E-state index >= 15 is 0 Å². The molecule has 0 aliphatic carbocycles. The van der Waals surface area contributed by atoms with Gasteiger partial charge < -0.3 is 4.90 Å². The Kier molecular flexibility index (Phi) is 0.181. The first-order chi connectivity index (χ1) is 6.28. The van der Waals surface area contributed by atoms with Gasteiger partial charge in [-0.05, 0) is 0 Å². The first kappa shape index (κ1) is 0.602. The van der Waals surface area contributed by atoms with Gasteiger partial charge in [0.05, 0.1) is 0 Å². The highest BCUT2D eigenvalue weighted by Crippen LogP contribution is 1.69. The zero-order valence-electron chi connectivity index (χ0n) is 11.9. The van der Waals surface area contributed by atoms with Gasteiger partial charge in [0.25, 0.3) is 0 Å². The van der Waals surface area contributed by atoms with Crippen molar-refractivity contribution in [2.45, 2.75) is 6.85 Å². The molecular weight excluding hydrogens is 79.0 g/mol. The summed E-state index contributed by atoms with van der Waals surface area (Å²) in [5.41, 5.74) is 0. The average molecular weight is 97.2 g/mol. The summed E-state index contributed by atoms with van der Waals surface area (Å²) in [4.78, 5) is 10.5. The molecule has 0 rings (SSSR count). The average Bonchev–Trinajstić information content (AvgIpc) is 1.76. The van der Waals surface area contributed by atoms with Gasteiger partial charge in [-0.1, -0.05) is 0 Å². The Bertz CT molecular complexity index is 232. The van der Waals surface area contributed by atoms with Crippen molar-refractivity contribution in [2.75, 3.05) is 14.0 Å². The van der Waals surface area contributed by atoms with Gasteiger partial charge in [-0.3, -0.25) is 4.79 Å². The Morgan fingerprint density at radius 1 is 1.83 bits per heavy atom. The van der Waals surface area contributed by atoms with Crippen molar-refractivity contribution in [1.82, 2.24) is 4.90 Å². The van der Waals surface area contributed by atoms with E-state index in [9.17, 15) is 4.79 Å². The van der Waals surface area contributed by atoms with Crippen LogP contribution in [0.15, 0.2) is 0 Å². The summed E-state index contributed by atoms with van der Waals surface area (Å²) >= 11 is 0. The summed E-state index contributed by atoms with van der Waals surface area (Å²) in [5, 5.41) is 0. The number of hydrogen-bond acceptors (Lipinski definition) is 1.